The van der Waals surface area contributed by atoms with Gasteiger partial charge in [0.05, 0.1) is 24.6 Å². The predicted octanol–water partition coefficient (Wildman–Crippen LogP) is 2.23. The van der Waals surface area contributed by atoms with E-state index in [2.05, 4.69) is 0 Å². The lowest BCUT2D eigenvalue weighted by Crippen LogP contribution is -2.41. The van der Waals surface area contributed by atoms with Gasteiger partial charge in [-0.1, -0.05) is 28.1 Å². The number of morpholine rings is 1. The van der Waals surface area contributed by atoms with Gasteiger partial charge in [-0.2, -0.15) is 5.10 Å². The largest absolute Gasteiger partial charge is 0.378 e. The zero-order valence-corrected chi connectivity index (χ0v) is 20.4. The zero-order chi connectivity index (χ0) is 24.0. The lowest BCUT2D eigenvalue weighted by molar-refractivity contribution is 0.0298. The first-order chi connectivity index (χ1) is 16.3. The quantitative estimate of drug-likeness (QED) is 0.582. The third-order valence-corrected chi connectivity index (χ3v) is 8.69. The molecule has 8 nitrogen and oxygen atoms in total. The number of amides is 2. The summed E-state index contributed by atoms with van der Waals surface area (Å²) in [7, 11) is 0.558. The molecule has 5 rings (SSSR count). The van der Waals surface area contributed by atoms with E-state index in [4.69, 9.17) is 9.84 Å². The van der Waals surface area contributed by atoms with Crippen molar-refractivity contribution in [2.45, 2.75) is 10.6 Å². The van der Waals surface area contributed by atoms with Crippen LogP contribution < -0.4 is 0 Å². The number of fused-ring (bicyclic) bond motifs is 3. The van der Waals surface area contributed by atoms with Crippen molar-refractivity contribution in [1.29, 1.82) is 0 Å². The maximum Gasteiger partial charge on any atom is 0.274 e. The Hall–Kier alpha value is -3.30. The molecule has 1 aromatic heterocycles. The van der Waals surface area contributed by atoms with Crippen molar-refractivity contribution in [2.24, 2.45) is 0 Å². The van der Waals surface area contributed by atoms with Gasteiger partial charge in [0, 0.05) is 54.5 Å². The molecule has 0 spiro atoms. The van der Waals surface area contributed by atoms with Gasteiger partial charge in [0.1, 0.15) is 0 Å². The van der Waals surface area contributed by atoms with Gasteiger partial charge in [0.25, 0.3) is 11.8 Å². The van der Waals surface area contributed by atoms with Crippen LogP contribution in [0.5, 0.6) is 0 Å². The molecule has 0 N–H and O–H groups in total. The molecule has 2 aromatic carbocycles. The van der Waals surface area contributed by atoms with E-state index in [0.29, 0.717) is 53.6 Å². The molecular formula is C25H28N4O4S. The number of thiol groups is 1. The van der Waals surface area contributed by atoms with Crippen molar-refractivity contribution in [3.63, 3.8) is 0 Å². The molecular weight excluding hydrogens is 452 g/mol. The highest BCUT2D eigenvalue weighted by molar-refractivity contribution is 8.01. The van der Waals surface area contributed by atoms with Crippen LogP contribution in [0.1, 0.15) is 26.4 Å². The van der Waals surface area contributed by atoms with Crippen LogP contribution in [0.4, 0.5) is 0 Å². The number of ether oxygens (including phenoxy) is 1. The standard InChI is InChI=1S/C25H28N4O4S/c1-27(2)24(30)17-9-10-21-19(15-17)23-20(16-34(21,3)32)22(25(31)28-11-13-33-14-12-28)26-29(23)18-7-5-4-6-8-18/h4-10,15,34H,11-14,16H2,1-3H3. The number of carbonyl (C=O) groups is 2. The molecule has 2 aliphatic rings. The molecule has 0 unspecified atom stereocenters. The Kier molecular flexibility index (Phi) is 5.61. The highest BCUT2D eigenvalue weighted by atomic mass is 32.2. The van der Waals surface area contributed by atoms with Crippen molar-refractivity contribution in [1.82, 2.24) is 19.6 Å². The molecule has 0 aliphatic carbocycles. The third kappa shape index (κ3) is 3.74. The molecule has 0 radical (unpaired) electrons. The van der Waals surface area contributed by atoms with Gasteiger partial charge >= 0.3 is 0 Å². The summed E-state index contributed by atoms with van der Waals surface area (Å²) in [5.41, 5.74) is 3.70. The molecule has 2 aliphatic heterocycles. The number of rotatable bonds is 3. The summed E-state index contributed by atoms with van der Waals surface area (Å²) in [6, 6.07) is 14.9. The number of benzene rings is 2. The first kappa shape index (κ1) is 22.5. The maximum atomic E-state index is 13.9. The smallest absolute Gasteiger partial charge is 0.274 e. The Morgan fingerprint density at radius 3 is 2.44 bits per heavy atom. The zero-order valence-electron chi connectivity index (χ0n) is 19.5. The molecule has 1 fully saturated rings. The second-order valence-corrected chi connectivity index (χ2v) is 12.0. The van der Waals surface area contributed by atoms with Crippen LogP contribution in [0.15, 0.2) is 53.4 Å². The van der Waals surface area contributed by atoms with E-state index >= 15 is 0 Å². The molecule has 178 valence electrons. The summed E-state index contributed by atoms with van der Waals surface area (Å²) < 4.78 is 21.0. The minimum atomic E-state index is -2.84. The van der Waals surface area contributed by atoms with Crippen molar-refractivity contribution < 1.29 is 18.5 Å². The van der Waals surface area contributed by atoms with Crippen LogP contribution in [0.2, 0.25) is 0 Å². The van der Waals surface area contributed by atoms with Crippen LogP contribution in [0.25, 0.3) is 16.9 Å². The van der Waals surface area contributed by atoms with E-state index in [-0.39, 0.29) is 17.6 Å². The maximum absolute atomic E-state index is 13.9. The van der Waals surface area contributed by atoms with E-state index < -0.39 is 9.93 Å². The monoisotopic (exact) mass is 480 g/mol. The van der Waals surface area contributed by atoms with Gasteiger partial charge in [0.2, 0.25) is 0 Å². The molecule has 9 heteroatoms. The first-order valence-corrected chi connectivity index (χ1v) is 13.6. The molecule has 34 heavy (non-hydrogen) atoms. The Balaban J connectivity index is 1.76. The van der Waals surface area contributed by atoms with Crippen LogP contribution in [0.3, 0.4) is 0 Å². The minimum Gasteiger partial charge on any atom is -0.378 e. The van der Waals surface area contributed by atoms with Gasteiger partial charge in [-0.25, -0.2) is 4.68 Å². The third-order valence-electron chi connectivity index (χ3n) is 6.36. The van der Waals surface area contributed by atoms with E-state index in [1.54, 1.807) is 48.1 Å². The van der Waals surface area contributed by atoms with Gasteiger partial charge in [-0.05, 0) is 36.6 Å². The van der Waals surface area contributed by atoms with Gasteiger partial charge in [-0.3, -0.25) is 13.8 Å². The minimum absolute atomic E-state index is 0.142. The highest BCUT2D eigenvalue weighted by Gasteiger charge is 2.36. The lowest BCUT2D eigenvalue weighted by atomic mass is 10.0. The molecule has 3 heterocycles. The average Bonchev–Trinajstić information content (AvgIpc) is 3.22. The molecule has 0 saturated carbocycles. The molecule has 0 atom stereocenters. The highest BCUT2D eigenvalue weighted by Crippen LogP contribution is 2.43. The second-order valence-electron chi connectivity index (χ2n) is 9.02. The first-order valence-electron chi connectivity index (χ1n) is 11.3. The summed E-state index contributed by atoms with van der Waals surface area (Å²) in [5, 5.41) is 4.78. The Morgan fingerprint density at radius 2 is 1.76 bits per heavy atom. The van der Waals surface area contributed by atoms with E-state index in [1.165, 1.54) is 4.90 Å². The Labute approximate surface area is 199 Å². The summed E-state index contributed by atoms with van der Waals surface area (Å²) in [5.74, 6) is -0.0800. The van der Waals surface area contributed by atoms with Gasteiger partial charge < -0.3 is 14.5 Å². The van der Waals surface area contributed by atoms with Crippen molar-refractivity contribution in [3.05, 3.63) is 65.4 Å². The van der Waals surface area contributed by atoms with Crippen LogP contribution in [0, 0.1) is 0 Å². The van der Waals surface area contributed by atoms with Crippen LogP contribution >= 0.6 is 0 Å². The van der Waals surface area contributed by atoms with E-state index in [1.807, 2.05) is 30.3 Å². The van der Waals surface area contributed by atoms with E-state index in [0.717, 1.165) is 11.4 Å². The fourth-order valence-electron chi connectivity index (χ4n) is 4.64. The van der Waals surface area contributed by atoms with Crippen LogP contribution in [-0.2, 0) is 20.4 Å². The SMILES string of the molecule is CN(C)C(=O)c1ccc2c(c1)-c1c(c(C(=O)N3CCOCC3)nn1-c1ccccc1)C[SH]2(C)=O. The fraction of sp³-hybridized carbons (Fsp3) is 0.320. The summed E-state index contributed by atoms with van der Waals surface area (Å²) in [4.78, 5) is 30.2. The van der Waals surface area contributed by atoms with Crippen molar-refractivity contribution in [3.8, 4) is 16.9 Å². The fourth-order valence-corrected chi connectivity index (χ4v) is 6.78. The van der Waals surface area contributed by atoms with Crippen molar-refractivity contribution in [2.75, 3.05) is 46.7 Å². The number of hydrogen-bond acceptors (Lipinski definition) is 5. The topological polar surface area (TPSA) is 84.7 Å². The van der Waals surface area contributed by atoms with Gasteiger partial charge in [-0.15, -0.1) is 0 Å². The Morgan fingerprint density at radius 1 is 1.06 bits per heavy atom. The number of carbonyl (C=O) groups excluding carboxylic acids is 2. The predicted molar refractivity (Wildman–Crippen MR) is 131 cm³/mol. The summed E-state index contributed by atoms with van der Waals surface area (Å²) >= 11 is 0. The number of para-hydroxylation sites is 1. The molecule has 0 bridgehead atoms. The molecule has 3 aromatic rings. The Bertz CT molecular complexity index is 1330. The lowest BCUT2D eigenvalue weighted by Gasteiger charge is -2.30. The normalized spacial score (nSPS) is 17.4. The summed E-state index contributed by atoms with van der Waals surface area (Å²) in [6.45, 7) is 1.96. The molecule has 1 saturated heterocycles. The molecule has 2 amide bonds. The number of hydrogen-bond donors (Lipinski definition) is 1. The van der Waals surface area contributed by atoms with Crippen LogP contribution in [-0.4, -0.2) is 82.3 Å². The van der Waals surface area contributed by atoms with E-state index in [9.17, 15) is 13.8 Å². The van der Waals surface area contributed by atoms with Crippen molar-refractivity contribution >= 4 is 21.7 Å². The summed E-state index contributed by atoms with van der Waals surface area (Å²) in [6.07, 6.45) is 1.74. The average molecular weight is 481 g/mol. The number of nitrogens with zero attached hydrogens (tertiary/aromatic N) is 4. The second kappa shape index (κ2) is 8.48. The van der Waals surface area contributed by atoms with Gasteiger partial charge in [0.15, 0.2) is 5.69 Å². The number of aromatic nitrogens is 2.